The molecule has 0 aliphatic rings. The topological polar surface area (TPSA) is 80.9 Å². The van der Waals surface area contributed by atoms with E-state index in [0.717, 1.165) is 0 Å². The van der Waals surface area contributed by atoms with Gasteiger partial charge in [-0.1, -0.05) is 0 Å². The van der Waals surface area contributed by atoms with Crippen LogP contribution in [0.25, 0.3) is 0 Å². The summed E-state index contributed by atoms with van der Waals surface area (Å²) in [5.74, 6) is 2.15. The zero-order valence-corrected chi connectivity index (χ0v) is 7.47. The van der Waals surface area contributed by atoms with E-state index in [-0.39, 0.29) is 18.3 Å². The van der Waals surface area contributed by atoms with Crippen LogP contribution in [-0.2, 0) is 4.79 Å². The molecule has 0 aliphatic heterocycles. The third kappa shape index (κ3) is 2.84. The molecule has 5 heteroatoms. The first-order valence-corrected chi connectivity index (χ1v) is 4.01. The number of nitrogens with one attached hydrogen (secondary N) is 1. The SMILES string of the molecule is C#CCC(N)C(=O)Nc1ncccn1. The fourth-order valence-electron chi connectivity index (χ4n) is 0.786. The van der Waals surface area contributed by atoms with Crippen LogP contribution in [0.4, 0.5) is 5.95 Å². The highest BCUT2D eigenvalue weighted by atomic mass is 16.2. The van der Waals surface area contributed by atoms with E-state index < -0.39 is 6.04 Å². The first-order chi connectivity index (χ1) is 6.74. The predicted octanol–water partition coefficient (Wildman–Crippen LogP) is -0.234. The number of nitrogens with zero attached hydrogens (tertiary/aromatic N) is 2. The lowest BCUT2D eigenvalue weighted by Gasteiger charge is -2.07. The minimum atomic E-state index is -0.719. The number of nitrogens with two attached hydrogens (primary N) is 1. The molecular weight excluding hydrogens is 180 g/mol. The molecule has 1 amide bonds. The summed E-state index contributed by atoms with van der Waals surface area (Å²) in [5, 5.41) is 2.44. The van der Waals surface area contributed by atoms with Gasteiger partial charge in [-0.25, -0.2) is 9.97 Å². The Kier molecular flexibility index (Phi) is 3.58. The Balaban J connectivity index is 2.54. The minimum Gasteiger partial charge on any atom is -0.319 e. The van der Waals surface area contributed by atoms with Crippen molar-refractivity contribution in [2.24, 2.45) is 5.73 Å². The molecule has 1 heterocycles. The van der Waals surface area contributed by atoms with Crippen molar-refractivity contribution in [3.8, 4) is 12.3 Å². The Morgan fingerprint density at radius 1 is 1.64 bits per heavy atom. The van der Waals surface area contributed by atoms with Gasteiger partial charge in [0.15, 0.2) is 0 Å². The molecule has 0 spiro atoms. The summed E-state index contributed by atoms with van der Waals surface area (Å²) >= 11 is 0. The van der Waals surface area contributed by atoms with E-state index in [9.17, 15) is 4.79 Å². The van der Waals surface area contributed by atoms with Gasteiger partial charge in [-0.05, 0) is 6.07 Å². The summed E-state index contributed by atoms with van der Waals surface area (Å²) < 4.78 is 0. The number of amides is 1. The average molecular weight is 190 g/mol. The monoisotopic (exact) mass is 190 g/mol. The van der Waals surface area contributed by atoms with Crippen LogP contribution >= 0.6 is 0 Å². The average Bonchev–Trinajstić information content (AvgIpc) is 2.19. The largest absolute Gasteiger partial charge is 0.319 e. The zero-order valence-electron chi connectivity index (χ0n) is 7.47. The van der Waals surface area contributed by atoms with E-state index in [2.05, 4.69) is 21.2 Å². The maximum absolute atomic E-state index is 11.3. The number of aromatic nitrogens is 2. The van der Waals surface area contributed by atoms with Crippen LogP contribution in [0.5, 0.6) is 0 Å². The summed E-state index contributed by atoms with van der Waals surface area (Å²) in [7, 11) is 0. The lowest BCUT2D eigenvalue weighted by Crippen LogP contribution is -2.35. The molecule has 0 saturated carbocycles. The number of anilines is 1. The number of hydrogen-bond acceptors (Lipinski definition) is 4. The van der Waals surface area contributed by atoms with Crippen molar-refractivity contribution >= 4 is 11.9 Å². The minimum absolute atomic E-state index is 0.193. The molecule has 1 rings (SSSR count). The third-order valence-electron chi connectivity index (χ3n) is 1.48. The van der Waals surface area contributed by atoms with Crippen LogP contribution in [0.15, 0.2) is 18.5 Å². The Morgan fingerprint density at radius 2 is 2.29 bits per heavy atom. The Morgan fingerprint density at radius 3 is 2.86 bits per heavy atom. The van der Waals surface area contributed by atoms with Crippen LogP contribution < -0.4 is 11.1 Å². The van der Waals surface area contributed by atoms with Gasteiger partial charge in [0.25, 0.3) is 0 Å². The lowest BCUT2D eigenvalue weighted by atomic mass is 10.2. The van der Waals surface area contributed by atoms with Crippen molar-refractivity contribution in [1.82, 2.24) is 9.97 Å². The molecular formula is C9H10N4O. The fourth-order valence-corrected chi connectivity index (χ4v) is 0.786. The van der Waals surface area contributed by atoms with Crippen LogP contribution in [0.2, 0.25) is 0 Å². The van der Waals surface area contributed by atoms with Crippen LogP contribution in [0, 0.1) is 12.3 Å². The molecule has 0 bridgehead atoms. The van der Waals surface area contributed by atoms with E-state index in [1.54, 1.807) is 6.07 Å². The molecule has 0 aliphatic carbocycles. The van der Waals surface area contributed by atoms with Crippen molar-refractivity contribution in [1.29, 1.82) is 0 Å². The van der Waals surface area contributed by atoms with Crippen molar-refractivity contribution < 1.29 is 4.79 Å². The first-order valence-electron chi connectivity index (χ1n) is 4.01. The fraction of sp³-hybridized carbons (Fsp3) is 0.222. The van der Waals surface area contributed by atoms with Crippen LogP contribution in [0.3, 0.4) is 0 Å². The molecule has 5 nitrogen and oxygen atoms in total. The highest BCUT2D eigenvalue weighted by Gasteiger charge is 2.12. The maximum atomic E-state index is 11.3. The molecule has 0 aromatic carbocycles. The molecule has 14 heavy (non-hydrogen) atoms. The Bertz CT molecular complexity index is 344. The van der Waals surface area contributed by atoms with Crippen LogP contribution in [0.1, 0.15) is 6.42 Å². The standard InChI is InChI=1S/C9H10N4O/c1-2-4-7(10)8(14)13-9-11-5-3-6-12-9/h1,3,5-7H,4,10H2,(H,11,12,13,14). The summed E-state index contributed by atoms with van der Waals surface area (Å²) in [4.78, 5) is 18.9. The molecule has 0 saturated heterocycles. The Labute approximate surface area is 81.7 Å². The van der Waals surface area contributed by atoms with Crippen molar-refractivity contribution in [2.45, 2.75) is 12.5 Å². The zero-order chi connectivity index (χ0) is 10.4. The van der Waals surface area contributed by atoms with E-state index in [0.29, 0.717) is 0 Å². The number of rotatable bonds is 3. The Hall–Kier alpha value is -1.93. The number of carbonyl (C=O) groups excluding carboxylic acids is 1. The summed E-state index contributed by atoms with van der Waals surface area (Å²) in [6, 6.07) is 0.931. The van der Waals surface area contributed by atoms with Gasteiger partial charge in [0.2, 0.25) is 11.9 Å². The molecule has 1 atom stereocenters. The highest BCUT2D eigenvalue weighted by Crippen LogP contribution is 1.96. The van der Waals surface area contributed by atoms with Crippen molar-refractivity contribution in [3.05, 3.63) is 18.5 Å². The van der Waals surface area contributed by atoms with Gasteiger partial charge >= 0.3 is 0 Å². The molecule has 1 aromatic rings. The molecule has 1 aromatic heterocycles. The predicted molar refractivity (Wildman–Crippen MR) is 52.1 cm³/mol. The van der Waals surface area contributed by atoms with Gasteiger partial charge in [0.05, 0.1) is 6.04 Å². The van der Waals surface area contributed by atoms with Gasteiger partial charge in [0.1, 0.15) is 0 Å². The van der Waals surface area contributed by atoms with Gasteiger partial charge in [-0.3, -0.25) is 10.1 Å². The summed E-state index contributed by atoms with van der Waals surface area (Å²) in [6.07, 6.45) is 8.26. The molecule has 72 valence electrons. The van der Waals surface area contributed by atoms with Gasteiger partial charge < -0.3 is 5.73 Å². The first kappa shape index (κ1) is 10.2. The molecule has 0 fully saturated rings. The van der Waals surface area contributed by atoms with Gasteiger partial charge in [0, 0.05) is 18.8 Å². The van der Waals surface area contributed by atoms with E-state index in [1.165, 1.54) is 12.4 Å². The van der Waals surface area contributed by atoms with Gasteiger partial charge in [-0.15, -0.1) is 12.3 Å². The normalized spacial score (nSPS) is 11.4. The summed E-state index contributed by atoms with van der Waals surface area (Å²) in [6.45, 7) is 0. The van der Waals surface area contributed by atoms with E-state index in [4.69, 9.17) is 12.2 Å². The van der Waals surface area contributed by atoms with Crippen molar-refractivity contribution in [2.75, 3.05) is 5.32 Å². The highest BCUT2D eigenvalue weighted by molar-refractivity contribution is 5.93. The van der Waals surface area contributed by atoms with Crippen LogP contribution in [-0.4, -0.2) is 21.9 Å². The number of hydrogen-bond donors (Lipinski definition) is 2. The molecule has 1 unspecified atom stereocenters. The second-order valence-electron chi connectivity index (χ2n) is 2.58. The lowest BCUT2D eigenvalue weighted by molar-refractivity contribution is -0.117. The molecule has 0 radical (unpaired) electrons. The van der Waals surface area contributed by atoms with E-state index in [1.807, 2.05) is 0 Å². The summed E-state index contributed by atoms with van der Waals surface area (Å²) in [5.41, 5.74) is 5.47. The van der Waals surface area contributed by atoms with Crippen molar-refractivity contribution in [3.63, 3.8) is 0 Å². The van der Waals surface area contributed by atoms with E-state index >= 15 is 0 Å². The third-order valence-corrected chi connectivity index (χ3v) is 1.48. The van der Waals surface area contributed by atoms with Gasteiger partial charge in [-0.2, -0.15) is 0 Å². The quantitative estimate of drug-likeness (QED) is 0.645. The second-order valence-corrected chi connectivity index (χ2v) is 2.58. The number of terminal acetylenes is 1. The maximum Gasteiger partial charge on any atom is 0.244 e. The number of carbonyl (C=O) groups is 1. The molecule has 3 N–H and O–H groups in total. The second kappa shape index (κ2) is 4.94. The smallest absolute Gasteiger partial charge is 0.244 e.